The first-order valence-corrected chi connectivity index (χ1v) is 11.8. The van der Waals surface area contributed by atoms with Gasteiger partial charge in [-0.15, -0.1) is 11.6 Å². The molecule has 0 aliphatic heterocycles. The molecule has 30 heavy (non-hydrogen) atoms. The topological polar surface area (TPSA) is 68.2 Å². The van der Waals surface area contributed by atoms with Gasteiger partial charge in [0, 0.05) is 35.4 Å². The molecule has 0 saturated heterocycles. The molecule has 0 spiro atoms. The number of aromatic nitrogens is 1. The fourth-order valence-corrected chi connectivity index (χ4v) is 4.16. The van der Waals surface area contributed by atoms with Gasteiger partial charge in [0.05, 0.1) is 22.0 Å². The zero-order valence-electron chi connectivity index (χ0n) is 17.1. The van der Waals surface area contributed by atoms with E-state index in [0.29, 0.717) is 29.1 Å². The van der Waals surface area contributed by atoms with Gasteiger partial charge in [-0.25, -0.2) is 8.42 Å². The van der Waals surface area contributed by atoms with Gasteiger partial charge in [0.2, 0.25) is 0 Å². The van der Waals surface area contributed by atoms with Crippen molar-refractivity contribution in [1.29, 1.82) is 0 Å². The molecule has 1 aliphatic carbocycles. The predicted octanol–water partition coefficient (Wildman–Crippen LogP) is 4.76. The summed E-state index contributed by atoms with van der Waals surface area (Å²) in [7, 11) is -3.31. The minimum Gasteiger partial charge on any atom is -0.322 e. The average Bonchev–Trinajstić information content (AvgIpc) is 2.98. The Bertz CT molecular complexity index is 1130. The summed E-state index contributed by atoms with van der Waals surface area (Å²) in [6.07, 6.45) is 7.69. The third kappa shape index (κ3) is 4.84. The number of hydrogen-bond acceptors (Lipinski definition) is 3. The first-order valence-electron chi connectivity index (χ1n) is 9.49. The van der Waals surface area contributed by atoms with Gasteiger partial charge in [-0.1, -0.05) is 12.2 Å². The van der Waals surface area contributed by atoms with Crippen LogP contribution >= 0.6 is 11.6 Å². The van der Waals surface area contributed by atoms with Crippen LogP contribution < -0.4 is 5.32 Å². The van der Waals surface area contributed by atoms with Crippen molar-refractivity contribution >= 4 is 38.7 Å². The minimum absolute atomic E-state index is 0.176. The smallest absolute Gasteiger partial charge is 0.257 e. The van der Waals surface area contributed by atoms with Crippen LogP contribution in [0, 0.1) is 6.92 Å². The van der Waals surface area contributed by atoms with Crippen molar-refractivity contribution in [1.82, 2.24) is 4.57 Å². The number of nitrogens with zero attached hydrogens (tertiary/aromatic N) is 1. The summed E-state index contributed by atoms with van der Waals surface area (Å²) in [5.74, 6) is -0.346. The van der Waals surface area contributed by atoms with E-state index < -0.39 is 21.4 Å². The molecule has 0 bridgehead atoms. The van der Waals surface area contributed by atoms with Crippen LogP contribution in [0.2, 0.25) is 0 Å². The molecule has 1 heterocycles. The van der Waals surface area contributed by atoms with Gasteiger partial charge in [0.15, 0.2) is 9.84 Å². The highest BCUT2D eigenvalue weighted by atomic mass is 35.5. The van der Waals surface area contributed by atoms with Crippen LogP contribution in [0.3, 0.4) is 0 Å². The lowest BCUT2D eigenvalue weighted by molar-refractivity contribution is 0.102. The molecule has 0 fully saturated rings. The summed E-state index contributed by atoms with van der Waals surface area (Å²) in [6.45, 7) is 3.19. The van der Waals surface area contributed by atoms with E-state index in [4.69, 9.17) is 11.6 Å². The first-order chi connectivity index (χ1) is 14.0. The summed E-state index contributed by atoms with van der Waals surface area (Å²) in [5, 5.41) is 2.78. The van der Waals surface area contributed by atoms with Gasteiger partial charge in [-0.2, -0.15) is 0 Å². The maximum atomic E-state index is 13.2. The number of amides is 1. The van der Waals surface area contributed by atoms with Crippen LogP contribution in [0.5, 0.6) is 0 Å². The Morgan fingerprint density at radius 2 is 1.97 bits per heavy atom. The number of nitrogens with one attached hydrogen (secondary N) is 1. The summed E-state index contributed by atoms with van der Waals surface area (Å²) < 4.78 is 38.2. The van der Waals surface area contributed by atoms with E-state index in [-0.39, 0.29) is 17.2 Å². The standard InChI is InChI=1S/C22H24ClFN2O3S/c1-15-20(21(27)25-16-4-6-19(7-5-16)30(3,28)29)14-18(10-13-24)26(15)17-8-11-22(2,23)12-9-17/h4-9,11,14H,10,12-13H2,1-3H3,(H,25,27). The van der Waals surface area contributed by atoms with Crippen LogP contribution in [0.4, 0.5) is 10.1 Å². The third-order valence-electron chi connectivity index (χ3n) is 5.03. The number of allylic oxidation sites excluding steroid dienone is 4. The van der Waals surface area contributed by atoms with Crippen molar-refractivity contribution in [2.75, 3.05) is 18.2 Å². The number of aryl methyl sites for hydroxylation is 1. The predicted molar refractivity (Wildman–Crippen MR) is 119 cm³/mol. The van der Waals surface area contributed by atoms with Crippen molar-refractivity contribution in [3.63, 3.8) is 0 Å². The van der Waals surface area contributed by atoms with Crippen molar-refractivity contribution in [3.8, 4) is 0 Å². The minimum atomic E-state index is -3.31. The maximum absolute atomic E-state index is 13.2. The second-order valence-corrected chi connectivity index (χ2v) is 10.5. The third-order valence-corrected chi connectivity index (χ3v) is 6.44. The van der Waals surface area contributed by atoms with Crippen molar-refractivity contribution < 1.29 is 17.6 Å². The van der Waals surface area contributed by atoms with E-state index in [9.17, 15) is 17.6 Å². The molecule has 1 aromatic carbocycles. The molecule has 1 aromatic heterocycles. The number of alkyl halides is 2. The van der Waals surface area contributed by atoms with Gasteiger partial charge >= 0.3 is 0 Å². The normalized spacial score (nSPS) is 18.9. The number of rotatable bonds is 6. The molecule has 1 amide bonds. The second kappa shape index (κ2) is 8.40. The number of carbonyl (C=O) groups excluding carboxylic acids is 1. The van der Waals surface area contributed by atoms with E-state index in [1.807, 2.05) is 36.6 Å². The van der Waals surface area contributed by atoms with E-state index in [1.165, 1.54) is 24.3 Å². The highest BCUT2D eigenvalue weighted by Gasteiger charge is 2.23. The van der Waals surface area contributed by atoms with Crippen LogP contribution in [0.25, 0.3) is 5.70 Å². The van der Waals surface area contributed by atoms with Crippen LogP contribution in [0.1, 0.15) is 35.1 Å². The molecule has 1 N–H and O–H groups in total. The lowest BCUT2D eigenvalue weighted by Crippen LogP contribution is -2.16. The quantitative estimate of drug-likeness (QED) is 0.645. The maximum Gasteiger partial charge on any atom is 0.257 e. The number of anilines is 1. The van der Waals surface area contributed by atoms with E-state index in [0.717, 1.165) is 12.0 Å². The lowest BCUT2D eigenvalue weighted by atomic mass is 10.0. The van der Waals surface area contributed by atoms with Crippen LogP contribution in [-0.2, 0) is 16.3 Å². The van der Waals surface area contributed by atoms with Crippen molar-refractivity contribution in [2.24, 2.45) is 0 Å². The molecule has 1 unspecified atom stereocenters. The Labute approximate surface area is 181 Å². The highest BCUT2D eigenvalue weighted by molar-refractivity contribution is 7.90. The molecule has 5 nitrogen and oxygen atoms in total. The lowest BCUT2D eigenvalue weighted by Gasteiger charge is -2.22. The second-order valence-electron chi connectivity index (χ2n) is 7.60. The molecular weight excluding hydrogens is 427 g/mol. The molecule has 8 heteroatoms. The number of sulfone groups is 1. The van der Waals surface area contributed by atoms with Crippen molar-refractivity contribution in [3.05, 3.63) is 65.5 Å². The van der Waals surface area contributed by atoms with Crippen molar-refractivity contribution in [2.45, 2.75) is 36.5 Å². The Morgan fingerprint density at radius 1 is 1.30 bits per heavy atom. The van der Waals surface area contributed by atoms with E-state index in [2.05, 4.69) is 5.32 Å². The van der Waals surface area contributed by atoms with Gasteiger partial charge < -0.3 is 9.88 Å². The summed E-state index contributed by atoms with van der Waals surface area (Å²) >= 11 is 6.35. The van der Waals surface area contributed by atoms with Crippen LogP contribution in [-0.4, -0.2) is 36.7 Å². The Kier molecular flexibility index (Phi) is 6.24. The molecule has 1 aliphatic rings. The van der Waals surface area contributed by atoms with E-state index >= 15 is 0 Å². The SMILES string of the molecule is Cc1c(C(=O)Nc2ccc(S(C)(=O)=O)cc2)cc(CCF)n1C1=CCC(C)(Cl)C=C1. The number of halogens is 2. The van der Waals surface area contributed by atoms with Gasteiger partial charge in [-0.3, -0.25) is 9.18 Å². The molecule has 0 saturated carbocycles. The van der Waals surface area contributed by atoms with Gasteiger partial charge in [0.25, 0.3) is 5.91 Å². The fraction of sp³-hybridized carbons (Fsp3) is 0.318. The van der Waals surface area contributed by atoms with Gasteiger partial charge in [0.1, 0.15) is 0 Å². The molecule has 0 radical (unpaired) electrons. The monoisotopic (exact) mass is 450 g/mol. The Balaban J connectivity index is 1.90. The Morgan fingerprint density at radius 3 is 2.50 bits per heavy atom. The summed E-state index contributed by atoms with van der Waals surface area (Å²) in [4.78, 5) is 12.6. The molecule has 160 valence electrons. The van der Waals surface area contributed by atoms with E-state index in [1.54, 1.807) is 6.07 Å². The molecule has 1 atom stereocenters. The molecular formula is C22H24ClFN2O3S. The number of carbonyl (C=O) groups is 1. The largest absolute Gasteiger partial charge is 0.322 e. The first kappa shape index (κ1) is 22.3. The Hall–Kier alpha value is -2.38. The van der Waals surface area contributed by atoms with Crippen LogP contribution in [0.15, 0.2) is 53.5 Å². The molecule has 2 aromatic rings. The number of hydrogen-bond donors (Lipinski definition) is 1. The fourth-order valence-electron chi connectivity index (χ4n) is 3.39. The zero-order chi connectivity index (χ0) is 22.1. The highest BCUT2D eigenvalue weighted by Crippen LogP contribution is 2.31. The summed E-state index contributed by atoms with van der Waals surface area (Å²) in [5.41, 5.74) is 3.14. The zero-order valence-corrected chi connectivity index (χ0v) is 18.6. The summed E-state index contributed by atoms with van der Waals surface area (Å²) in [6, 6.07) is 7.66. The molecule has 3 rings (SSSR count). The number of benzene rings is 1. The average molecular weight is 451 g/mol. The van der Waals surface area contributed by atoms with Gasteiger partial charge in [-0.05, 0) is 56.7 Å².